The molecule has 0 saturated carbocycles. The second-order valence-corrected chi connectivity index (χ2v) is 8.87. The van der Waals surface area contributed by atoms with Crippen molar-refractivity contribution in [2.45, 2.75) is 27.2 Å². The zero-order valence-electron chi connectivity index (χ0n) is 19.3. The molecular weight excluding hydrogens is 436 g/mol. The number of nitrogens with zero attached hydrogens (tertiary/aromatic N) is 5. The van der Waals surface area contributed by atoms with Crippen LogP contribution in [0.5, 0.6) is 0 Å². The number of carbonyl (C=O) groups excluding carboxylic acids is 2. The second kappa shape index (κ2) is 9.42. The fourth-order valence-corrected chi connectivity index (χ4v) is 4.48. The topological polar surface area (TPSA) is 123 Å². The number of rotatable bonds is 5. The molecule has 176 valence electrons. The number of piperidine rings is 1. The van der Waals surface area contributed by atoms with Crippen LogP contribution < -0.4 is 5.32 Å². The molecular formula is C24H26N6O4. The lowest BCUT2D eigenvalue weighted by Gasteiger charge is -2.35. The molecule has 0 aliphatic carbocycles. The number of non-ortho nitro benzene ring substituents is 1. The molecule has 4 rings (SSSR count). The molecule has 3 aromatic rings. The lowest BCUT2D eigenvalue weighted by molar-refractivity contribution is -0.384. The van der Waals surface area contributed by atoms with Crippen molar-refractivity contribution in [3.8, 4) is 5.69 Å². The molecule has 10 heteroatoms. The van der Waals surface area contributed by atoms with Crippen LogP contribution in [0, 0.1) is 28.9 Å². The van der Waals surface area contributed by atoms with E-state index >= 15 is 0 Å². The Balaban J connectivity index is 1.57. The monoisotopic (exact) mass is 462 g/mol. The summed E-state index contributed by atoms with van der Waals surface area (Å²) in [7, 11) is 0. The van der Waals surface area contributed by atoms with Gasteiger partial charge in [-0.2, -0.15) is 0 Å². The molecule has 0 spiro atoms. The highest BCUT2D eigenvalue weighted by Gasteiger charge is 2.28. The number of nitro benzene ring substituents is 1. The van der Waals surface area contributed by atoms with Gasteiger partial charge in [0.05, 0.1) is 27.6 Å². The van der Waals surface area contributed by atoms with E-state index < -0.39 is 10.8 Å². The predicted molar refractivity (Wildman–Crippen MR) is 126 cm³/mol. The van der Waals surface area contributed by atoms with Crippen molar-refractivity contribution in [3.63, 3.8) is 0 Å². The number of para-hydroxylation sites is 1. The van der Waals surface area contributed by atoms with E-state index in [1.807, 2.05) is 4.90 Å². The van der Waals surface area contributed by atoms with E-state index in [1.54, 1.807) is 43.3 Å². The Labute approximate surface area is 196 Å². The first-order valence-corrected chi connectivity index (χ1v) is 11.1. The van der Waals surface area contributed by atoms with Gasteiger partial charge in [0.25, 0.3) is 17.5 Å². The Bertz CT molecular complexity index is 1240. The number of hydrogen-bond donors (Lipinski definition) is 1. The molecule has 2 heterocycles. The zero-order valence-corrected chi connectivity index (χ0v) is 19.3. The maximum atomic E-state index is 13.3. The van der Waals surface area contributed by atoms with Crippen molar-refractivity contribution in [2.75, 3.05) is 18.4 Å². The minimum absolute atomic E-state index is 0.0639. The van der Waals surface area contributed by atoms with Crippen molar-refractivity contribution >= 4 is 23.2 Å². The number of nitro groups is 1. The summed E-state index contributed by atoms with van der Waals surface area (Å²) in [6.45, 7) is 7.29. The lowest BCUT2D eigenvalue weighted by Crippen LogP contribution is -2.42. The maximum absolute atomic E-state index is 13.3. The van der Waals surface area contributed by atoms with Crippen molar-refractivity contribution in [2.24, 2.45) is 11.8 Å². The SMILES string of the molecule is Cc1c(C(=O)Nc2ccccc2C(=O)N2CC(C)CC(C)C2)nnn1-c1cccc([N+](=O)[O-])c1. The standard InChI is InChI=1S/C24H26N6O4/c1-15-11-16(2)14-28(13-15)24(32)20-9-4-5-10-21(20)25-23(31)22-17(3)29(27-26-22)18-7-6-8-19(12-18)30(33)34/h4-10,12,15-16H,11,13-14H2,1-3H3,(H,25,31). The van der Waals surface area contributed by atoms with E-state index in [0.29, 0.717) is 47.6 Å². The summed E-state index contributed by atoms with van der Waals surface area (Å²) in [5, 5.41) is 21.9. The summed E-state index contributed by atoms with van der Waals surface area (Å²) in [4.78, 5) is 38.7. The smallest absolute Gasteiger partial charge is 0.278 e. The number of likely N-dealkylation sites (tertiary alicyclic amines) is 1. The largest absolute Gasteiger partial charge is 0.338 e. The summed E-state index contributed by atoms with van der Waals surface area (Å²) in [5.41, 5.74) is 1.62. The first-order valence-electron chi connectivity index (χ1n) is 11.1. The van der Waals surface area contributed by atoms with Crippen LogP contribution in [-0.2, 0) is 0 Å². The summed E-state index contributed by atoms with van der Waals surface area (Å²) < 4.78 is 1.37. The lowest BCUT2D eigenvalue weighted by atomic mass is 9.91. The number of nitrogens with one attached hydrogen (secondary N) is 1. The molecule has 34 heavy (non-hydrogen) atoms. The second-order valence-electron chi connectivity index (χ2n) is 8.87. The highest BCUT2D eigenvalue weighted by Crippen LogP contribution is 2.25. The minimum atomic E-state index is -0.519. The maximum Gasteiger partial charge on any atom is 0.278 e. The van der Waals surface area contributed by atoms with Gasteiger partial charge in [-0.05, 0) is 43.4 Å². The van der Waals surface area contributed by atoms with Crippen molar-refractivity contribution in [1.29, 1.82) is 0 Å². The third-order valence-corrected chi connectivity index (χ3v) is 5.96. The molecule has 2 amide bonds. The van der Waals surface area contributed by atoms with Gasteiger partial charge in [-0.3, -0.25) is 19.7 Å². The molecule has 2 aromatic carbocycles. The fourth-order valence-electron chi connectivity index (χ4n) is 4.48. The van der Waals surface area contributed by atoms with E-state index in [2.05, 4.69) is 29.5 Å². The van der Waals surface area contributed by atoms with Crippen LogP contribution in [-0.4, -0.2) is 49.7 Å². The Morgan fingerprint density at radius 3 is 2.50 bits per heavy atom. The van der Waals surface area contributed by atoms with Crippen molar-refractivity contribution in [1.82, 2.24) is 19.9 Å². The number of amides is 2. The van der Waals surface area contributed by atoms with Crippen LogP contribution in [0.15, 0.2) is 48.5 Å². The van der Waals surface area contributed by atoms with Crippen molar-refractivity contribution in [3.05, 3.63) is 75.6 Å². The van der Waals surface area contributed by atoms with Crippen LogP contribution in [0.25, 0.3) is 5.69 Å². The molecule has 1 N–H and O–H groups in total. The Morgan fingerprint density at radius 1 is 1.09 bits per heavy atom. The summed E-state index contributed by atoms with van der Waals surface area (Å²) in [6, 6.07) is 12.8. The van der Waals surface area contributed by atoms with Crippen molar-refractivity contribution < 1.29 is 14.5 Å². The molecule has 10 nitrogen and oxygen atoms in total. The van der Waals surface area contributed by atoms with Gasteiger partial charge in [-0.15, -0.1) is 5.10 Å². The van der Waals surface area contributed by atoms with Crippen LogP contribution in [0.3, 0.4) is 0 Å². The van der Waals surface area contributed by atoms with E-state index in [4.69, 9.17) is 0 Å². The van der Waals surface area contributed by atoms with Gasteiger partial charge in [-0.1, -0.05) is 37.3 Å². The molecule has 2 atom stereocenters. The Kier molecular flexibility index (Phi) is 6.40. The molecule has 1 saturated heterocycles. The number of anilines is 1. The van der Waals surface area contributed by atoms with E-state index in [-0.39, 0.29) is 17.3 Å². The third-order valence-electron chi connectivity index (χ3n) is 5.96. The fraction of sp³-hybridized carbons (Fsp3) is 0.333. The molecule has 1 fully saturated rings. The zero-order chi connectivity index (χ0) is 24.4. The van der Waals surface area contributed by atoms with Crippen LogP contribution in [0.2, 0.25) is 0 Å². The van der Waals surface area contributed by atoms with Gasteiger partial charge in [-0.25, -0.2) is 4.68 Å². The van der Waals surface area contributed by atoms with Gasteiger partial charge in [0, 0.05) is 25.2 Å². The van der Waals surface area contributed by atoms with E-state index in [9.17, 15) is 19.7 Å². The first-order chi connectivity index (χ1) is 16.2. The van der Waals surface area contributed by atoms with Gasteiger partial charge in [0.1, 0.15) is 0 Å². The number of hydrogen-bond acceptors (Lipinski definition) is 6. The average Bonchev–Trinajstić information content (AvgIpc) is 3.19. The highest BCUT2D eigenvalue weighted by molar-refractivity contribution is 6.08. The molecule has 1 aliphatic rings. The first kappa shape index (κ1) is 23.1. The molecule has 2 unspecified atom stereocenters. The molecule has 1 aliphatic heterocycles. The number of benzene rings is 2. The van der Waals surface area contributed by atoms with Crippen LogP contribution >= 0.6 is 0 Å². The molecule has 0 bridgehead atoms. The molecule has 1 aromatic heterocycles. The average molecular weight is 463 g/mol. The van der Waals surface area contributed by atoms with Gasteiger partial charge in [0.2, 0.25) is 0 Å². The summed E-state index contributed by atoms with van der Waals surface area (Å²) >= 11 is 0. The quantitative estimate of drug-likeness (QED) is 0.454. The van der Waals surface area contributed by atoms with E-state index in [1.165, 1.54) is 16.8 Å². The van der Waals surface area contributed by atoms with Crippen LogP contribution in [0.1, 0.15) is 46.8 Å². The van der Waals surface area contributed by atoms with Gasteiger partial charge < -0.3 is 10.2 Å². The summed E-state index contributed by atoms with van der Waals surface area (Å²) in [6.07, 6.45) is 1.08. The Hall–Kier alpha value is -4.08. The summed E-state index contributed by atoms with van der Waals surface area (Å²) in [5.74, 6) is 0.197. The Morgan fingerprint density at radius 2 is 1.79 bits per heavy atom. The predicted octanol–water partition coefficient (Wildman–Crippen LogP) is 3.85. The van der Waals surface area contributed by atoms with Crippen LogP contribution in [0.4, 0.5) is 11.4 Å². The molecule has 0 radical (unpaired) electrons. The number of aromatic nitrogens is 3. The van der Waals surface area contributed by atoms with Gasteiger partial charge in [0.15, 0.2) is 5.69 Å². The highest BCUT2D eigenvalue weighted by atomic mass is 16.6. The van der Waals surface area contributed by atoms with Gasteiger partial charge >= 0.3 is 0 Å². The number of carbonyl (C=O) groups is 2. The minimum Gasteiger partial charge on any atom is -0.338 e. The van der Waals surface area contributed by atoms with E-state index in [0.717, 1.165) is 6.42 Å². The third kappa shape index (κ3) is 4.66. The normalized spacial score (nSPS) is 17.9.